The van der Waals surface area contributed by atoms with Crippen molar-refractivity contribution in [3.05, 3.63) is 47.2 Å². The molecule has 1 saturated heterocycles. The molecular weight excluding hydrogens is 355 g/mol. The standard InChI is InChI=1S/C18H21FN4O2S/c1-12(10-13-2-6-20-7-3-13)18(25)23-9-5-14(19)15(11-23)22-17(24)16-4-8-21-26-16/h2-4,6-8,12,14-15H,5,9-11H2,1H3,(H,22,24)/t12?,14-,15-/m1/s1. The molecule has 2 amide bonds. The highest BCUT2D eigenvalue weighted by Crippen LogP contribution is 2.19. The second kappa shape index (κ2) is 8.35. The van der Waals surface area contributed by atoms with Gasteiger partial charge < -0.3 is 10.2 Å². The monoisotopic (exact) mass is 376 g/mol. The van der Waals surface area contributed by atoms with Gasteiger partial charge in [0.15, 0.2) is 0 Å². The topological polar surface area (TPSA) is 75.2 Å². The molecule has 0 aromatic carbocycles. The Labute approximate surface area is 155 Å². The summed E-state index contributed by atoms with van der Waals surface area (Å²) in [5, 5.41) is 2.70. The van der Waals surface area contributed by atoms with E-state index in [4.69, 9.17) is 0 Å². The third-order valence-electron chi connectivity index (χ3n) is 4.53. The first-order valence-corrected chi connectivity index (χ1v) is 9.35. The fraction of sp³-hybridized carbons (Fsp3) is 0.444. The number of aromatic nitrogens is 2. The summed E-state index contributed by atoms with van der Waals surface area (Å²) in [7, 11) is 0. The molecule has 0 spiro atoms. The fourth-order valence-electron chi connectivity index (χ4n) is 3.10. The Bertz CT molecular complexity index is 741. The SMILES string of the molecule is CC(Cc1ccncc1)C(=O)N1CC[C@@H](F)[C@H](NC(=O)c2ccns2)C1. The van der Waals surface area contributed by atoms with Crippen LogP contribution in [0.15, 0.2) is 36.8 Å². The minimum atomic E-state index is -1.16. The van der Waals surface area contributed by atoms with Crippen molar-refractivity contribution >= 4 is 23.3 Å². The maximum absolute atomic E-state index is 14.3. The van der Waals surface area contributed by atoms with E-state index in [1.807, 2.05) is 19.1 Å². The predicted octanol–water partition coefficient (Wildman–Crippen LogP) is 2.09. The molecule has 1 aliphatic heterocycles. The lowest BCUT2D eigenvalue weighted by Gasteiger charge is -2.36. The van der Waals surface area contributed by atoms with Gasteiger partial charge in [0.1, 0.15) is 11.0 Å². The maximum atomic E-state index is 14.3. The van der Waals surface area contributed by atoms with Gasteiger partial charge in [0.2, 0.25) is 5.91 Å². The zero-order valence-corrected chi connectivity index (χ0v) is 15.3. The Balaban J connectivity index is 1.59. The van der Waals surface area contributed by atoms with Gasteiger partial charge in [-0.15, -0.1) is 0 Å². The van der Waals surface area contributed by atoms with Gasteiger partial charge in [0, 0.05) is 37.6 Å². The zero-order valence-electron chi connectivity index (χ0n) is 14.5. The minimum absolute atomic E-state index is 0.0225. The van der Waals surface area contributed by atoms with E-state index in [1.54, 1.807) is 23.4 Å². The first kappa shape index (κ1) is 18.4. The lowest BCUT2D eigenvalue weighted by Crippen LogP contribution is -2.56. The molecule has 26 heavy (non-hydrogen) atoms. The summed E-state index contributed by atoms with van der Waals surface area (Å²) in [4.78, 5) is 31.0. The summed E-state index contributed by atoms with van der Waals surface area (Å²) < 4.78 is 18.1. The van der Waals surface area contributed by atoms with E-state index in [0.717, 1.165) is 17.1 Å². The summed E-state index contributed by atoms with van der Waals surface area (Å²) in [6.07, 6.45) is 4.60. The Morgan fingerprint density at radius 2 is 2.12 bits per heavy atom. The highest BCUT2D eigenvalue weighted by atomic mass is 32.1. The van der Waals surface area contributed by atoms with Crippen LogP contribution in [0.4, 0.5) is 4.39 Å². The highest BCUT2D eigenvalue weighted by molar-refractivity contribution is 7.08. The van der Waals surface area contributed by atoms with Crippen LogP contribution in [-0.4, -0.2) is 51.4 Å². The lowest BCUT2D eigenvalue weighted by atomic mass is 9.97. The number of nitrogens with zero attached hydrogens (tertiary/aromatic N) is 3. The third-order valence-corrected chi connectivity index (χ3v) is 5.28. The van der Waals surface area contributed by atoms with Crippen LogP contribution < -0.4 is 5.32 Å². The molecule has 6 nitrogen and oxygen atoms in total. The Morgan fingerprint density at radius 1 is 1.35 bits per heavy atom. The number of hydrogen-bond acceptors (Lipinski definition) is 5. The van der Waals surface area contributed by atoms with Gasteiger partial charge in [-0.25, -0.2) is 8.76 Å². The molecule has 0 bridgehead atoms. The van der Waals surface area contributed by atoms with Crippen LogP contribution in [0, 0.1) is 5.92 Å². The van der Waals surface area contributed by atoms with E-state index < -0.39 is 12.2 Å². The fourth-order valence-corrected chi connectivity index (χ4v) is 3.60. The molecular formula is C18H21FN4O2S. The number of piperidine rings is 1. The van der Waals surface area contributed by atoms with Crippen LogP contribution in [-0.2, 0) is 11.2 Å². The normalized spacial score (nSPS) is 21.2. The second-order valence-corrected chi connectivity index (χ2v) is 7.34. The third kappa shape index (κ3) is 4.43. The molecule has 3 atom stereocenters. The molecule has 3 rings (SSSR count). The van der Waals surface area contributed by atoms with E-state index >= 15 is 0 Å². The molecule has 2 aromatic rings. The largest absolute Gasteiger partial charge is 0.344 e. The zero-order chi connectivity index (χ0) is 18.5. The minimum Gasteiger partial charge on any atom is -0.344 e. The molecule has 138 valence electrons. The average Bonchev–Trinajstić information content (AvgIpc) is 3.18. The van der Waals surface area contributed by atoms with Crippen molar-refractivity contribution in [1.82, 2.24) is 19.6 Å². The van der Waals surface area contributed by atoms with Crippen molar-refractivity contribution in [2.24, 2.45) is 5.92 Å². The predicted molar refractivity (Wildman–Crippen MR) is 96.6 cm³/mol. The number of hydrogen-bond donors (Lipinski definition) is 1. The second-order valence-electron chi connectivity index (χ2n) is 6.51. The molecule has 1 fully saturated rings. The molecule has 0 saturated carbocycles. The summed E-state index contributed by atoms with van der Waals surface area (Å²) in [6.45, 7) is 2.42. The van der Waals surface area contributed by atoms with Gasteiger partial charge in [-0.05, 0) is 48.1 Å². The van der Waals surface area contributed by atoms with Crippen LogP contribution in [0.1, 0.15) is 28.6 Å². The van der Waals surface area contributed by atoms with Crippen molar-refractivity contribution in [1.29, 1.82) is 0 Å². The van der Waals surface area contributed by atoms with E-state index in [0.29, 0.717) is 17.8 Å². The van der Waals surface area contributed by atoms with Gasteiger partial charge in [0.05, 0.1) is 6.04 Å². The number of likely N-dealkylation sites (tertiary alicyclic amines) is 1. The van der Waals surface area contributed by atoms with Crippen LogP contribution in [0.3, 0.4) is 0 Å². The average molecular weight is 376 g/mol. The number of carbonyl (C=O) groups is 2. The summed E-state index contributed by atoms with van der Waals surface area (Å²) >= 11 is 1.06. The van der Waals surface area contributed by atoms with Crippen LogP contribution in [0.25, 0.3) is 0 Å². The van der Waals surface area contributed by atoms with Crippen molar-refractivity contribution in [3.63, 3.8) is 0 Å². The van der Waals surface area contributed by atoms with Gasteiger partial charge in [-0.2, -0.15) is 0 Å². The number of pyridine rings is 1. The summed E-state index contributed by atoms with van der Waals surface area (Å²) in [5.41, 5.74) is 1.04. The number of halogens is 1. The summed E-state index contributed by atoms with van der Waals surface area (Å²) in [6, 6.07) is 4.66. The van der Waals surface area contributed by atoms with Crippen molar-refractivity contribution < 1.29 is 14.0 Å². The van der Waals surface area contributed by atoms with Gasteiger partial charge >= 0.3 is 0 Å². The van der Waals surface area contributed by atoms with E-state index in [-0.39, 0.29) is 30.7 Å². The number of amides is 2. The molecule has 0 radical (unpaired) electrons. The molecule has 1 N–H and O–H groups in total. The smallest absolute Gasteiger partial charge is 0.263 e. The van der Waals surface area contributed by atoms with E-state index in [2.05, 4.69) is 14.7 Å². The maximum Gasteiger partial charge on any atom is 0.263 e. The van der Waals surface area contributed by atoms with E-state index in [1.165, 1.54) is 6.20 Å². The molecule has 8 heteroatoms. The number of nitrogens with one attached hydrogen (secondary N) is 1. The molecule has 1 unspecified atom stereocenters. The van der Waals surface area contributed by atoms with Gasteiger partial charge in [0.25, 0.3) is 5.91 Å². The quantitative estimate of drug-likeness (QED) is 0.867. The molecule has 3 heterocycles. The van der Waals surface area contributed by atoms with Crippen molar-refractivity contribution in [2.45, 2.75) is 32.0 Å². The van der Waals surface area contributed by atoms with E-state index in [9.17, 15) is 14.0 Å². The van der Waals surface area contributed by atoms with Crippen LogP contribution >= 0.6 is 11.5 Å². The lowest BCUT2D eigenvalue weighted by molar-refractivity contribution is -0.137. The van der Waals surface area contributed by atoms with Crippen LogP contribution in [0.2, 0.25) is 0 Å². The number of alkyl halides is 1. The Morgan fingerprint density at radius 3 is 2.81 bits per heavy atom. The molecule has 1 aliphatic rings. The van der Waals surface area contributed by atoms with Crippen molar-refractivity contribution in [3.8, 4) is 0 Å². The van der Waals surface area contributed by atoms with Crippen LogP contribution in [0.5, 0.6) is 0 Å². The van der Waals surface area contributed by atoms with Crippen molar-refractivity contribution in [2.75, 3.05) is 13.1 Å². The number of carbonyl (C=O) groups excluding carboxylic acids is 2. The molecule has 0 aliphatic carbocycles. The van der Waals surface area contributed by atoms with Gasteiger partial charge in [-0.3, -0.25) is 14.6 Å². The molecule has 2 aromatic heterocycles. The highest BCUT2D eigenvalue weighted by Gasteiger charge is 2.34. The number of rotatable bonds is 5. The van der Waals surface area contributed by atoms with Gasteiger partial charge in [-0.1, -0.05) is 6.92 Å². The Hall–Kier alpha value is -2.35. The summed E-state index contributed by atoms with van der Waals surface area (Å²) in [5.74, 6) is -0.587. The first-order chi connectivity index (χ1) is 12.5. The first-order valence-electron chi connectivity index (χ1n) is 8.58. The Kier molecular flexibility index (Phi) is 5.92.